The average Bonchev–Trinajstić information content (AvgIpc) is 2.74. The zero-order valence-corrected chi connectivity index (χ0v) is 15.4. The SMILES string of the molecule is COc1ccccc1C=CC(=O)c1cc(F)ccc1OC(=O)N1CCOCC1. The number of hydrogen-bond donors (Lipinski definition) is 0. The van der Waals surface area contributed by atoms with Gasteiger partial charge in [0.2, 0.25) is 0 Å². The van der Waals surface area contributed by atoms with Crippen molar-refractivity contribution in [3.63, 3.8) is 0 Å². The first-order valence-electron chi connectivity index (χ1n) is 8.78. The first-order chi connectivity index (χ1) is 13.6. The minimum Gasteiger partial charge on any atom is -0.496 e. The van der Waals surface area contributed by atoms with Crippen molar-refractivity contribution in [1.29, 1.82) is 0 Å². The standard InChI is InChI=1S/C21H20FNO5/c1-26-19-5-3-2-4-15(19)6-8-18(24)17-14-16(22)7-9-20(17)28-21(25)23-10-12-27-13-11-23/h2-9,14H,10-13H2,1H3. The van der Waals surface area contributed by atoms with Gasteiger partial charge in [0.05, 0.1) is 25.9 Å². The molecule has 1 saturated heterocycles. The summed E-state index contributed by atoms with van der Waals surface area (Å²) in [5.74, 6) is -0.479. The maximum Gasteiger partial charge on any atom is 0.415 e. The second kappa shape index (κ2) is 9.14. The Hall–Kier alpha value is -3.19. The Labute approximate surface area is 162 Å². The molecule has 1 amide bonds. The van der Waals surface area contributed by atoms with Gasteiger partial charge in [-0.15, -0.1) is 0 Å². The lowest BCUT2D eigenvalue weighted by Crippen LogP contribution is -2.42. The van der Waals surface area contributed by atoms with Gasteiger partial charge in [0.25, 0.3) is 0 Å². The van der Waals surface area contributed by atoms with E-state index in [0.717, 1.165) is 12.1 Å². The van der Waals surface area contributed by atoms with Crippen molar-refractivity contribution in [1.82, 2.24) is 4.90 Å². The van der Waals surface area contributed by atoms with Crippen LogP contribution in [0.1, 0.15) is 15.9 Å². The lowest BCUT2D eigenvalue weighted by Gasteiger charge is -2.26. The Kier molecular flexibility index (Phi) is 6.39. The number of halogens is 1. The molecule has 0 radical (unpaired) electrons. The second-order valence-electron chi connectivity index (χ2n) is 6.05. The Balaban J connectivity index is 1.80. The van der Waals surface area contributed by atoms with Crippen molar-refractivity contribution in [2.75, 3.05) is 33.4 Å². The fourth-order valence-electron chi connectivity index (χ4n) is 2.75. The molecule has 7 heteroatoms. The van der Waals surface area contributed by atoms with Crippen LogP contribution < -0.4 is 9.47 Å². The molecule has 6 nitrogen and oxygen atoms in total. The Morgan fingerprint density at radius 3 is 2.61 bits per heavy atom. The van der Waals surface area contributed by atoms with Gasteiger partial charge < -0.3 is 19.1 Å². The van der Waals surface area contributed by atoms with Crippen LogP contribution in [0.4, 0.5) is 9.18 Å². The topological polar surface area (TPSA) is 65.1 Å². The van der Waals surface area contributed by atoms with Gasteiger partial charge in [0.1, 0.15) is 17.3 Å². The fourth-order valence-corrected chi connectivity index (χ4v) is 2.75. The summed E-state index contributed by atoms with van der Waals surface area (Å²) in [4.78, 5) is 26.4. The molecule has 0 aliphatic carbocycles. The van der Waals surface area contributed by atoms with E-state index in [2.05, 4.69) is 0 Å². The van der Waals surface area contributed by atoms with Gasteiger partial charge in [-0.25, -0.2) is 9.18 Å². The zero-order chi connectivity index (χ0) is 19.9. The maximum atomic E-state index is 13.7. The van der Waals surface area contributed by atoms with Gasteiger partial charge in [-0.05, 0) is 36.4 Å². The van der Waals surface area contributed by atoms with Crippen LogP contribution >= 0.6 is 0 Å². The smallest absolute Gasteiger partial charge is 0.415 e. The summed E-state index contributed by atoms with van der Waals surface area (Å²) in [5, 5.41) is 0. The van der Waals surface area contributed by atoms with Gasteiger partial charge >= 0.3 is 6.09 Å². The molecular weight excluding hydrogens is 365 g/mol. The van der Waals surface area contributed by atoms with E-state index in [9.17, 15) is 14.0 Å². The predicted molar refractivity (Wildman–Crippen MR) is 101 cm³/mol. The monoisotopic (exact) mass is 385 g/mol. The molecule has 0 bridgehead atoms. The molecule has 0 aromatic heterocycles. The molecule has 1 heterocycles. The van der Waals surface area contributed by atoms with Gasteiger partial charge in [-0.2, -0.15) is 0 Å². The predicted octanol–water partition coefficient (Wildman–Crippen LogP) is 3.56. The van der Waals surface area contributed by atoms with Crippen molar-refractivity contribution < 1.29 is 28.2 Å². The van der Waals surface area contributed by atoms with E-state index in [1.807, 2.05) is 12.1 Å². The highest BCUT2D eigenvalue weighted by Gasteiger charge is 2.21. The molecule has 1 aliphatic heterocycles. The minimum atomic E-state index is -0.599. The van der Waals surface area contributed by atoms with Crippen LogP contribution in [-0.4, -0.2) is 50.2 Å². The molecule has 0 saturated carbocycles. The van der Waals surface area contributed by atoms with Crippen molar-refractivity contribution in [3.8, 4) is 11.5 Å². The molecule has 1 fully saturated rings. The van der Waals surface area contributed by atoms with Gasteiger partial charge in [-0.3, -0.25) is 4.79 Å². The van der Waals surface area contributed by atoms with Gasteiger partial charge in [0, 0.05) is 18.7 Å². The molecule has 0 atom stereocenters. The molecule has 0 N–H and O–H groups in total. The number of ether oxygens (including phenoxy) is 3. The molecule has 0 unspecified atom stereocenters. The van der Waals surface area contributed by atoms with E-state index < -0.39 is 17.7 Å². The summed E-state index contributed by atoms with van der Waals surface area (Å²) < 4.78 is 29.5. The lowest BCUT2D eigenvalue weighted by atomic mass is 10.1. The maximum absolute atomic E-state index is 13.7. The number of rotatable bonds is 5. The largest absolute Gasteiger partial charge is 0.496 e. The molecule has 146 valence electrons. The summed E-state index contributed by atoms with van der Waals surface area (Å²) in [7, 11) is 1.53. The van der Waals surface area contributed by atoms with E-state index in [1.165, 1.54) is 24.2 Å². The van der Waals surface area contributed by atoms with Gasteiger partial charge in [0.15, 0.2) is 5.78 Å². The number of nitrogens with zero attached hydrogens (tertiary/aromatic N) is 1. The number of amides is 1. The number of morpholine rings is 1. The van der Waals surface area contributed by atoms with Crippen molar-refractivity contribution in [2.45, 2.75) is 0 Å². The number of methoxy groups -OCH3 is 1. The first kappa shape index (κ1) is 19.6. The Morgan fingerprint density at radius 2 is 1.86 bits per heavy atom. The average molecular weight is 385 g/mol. The first-order valence-corrected chi connectivity index (χ1v) is 8.78. The van der Waals surface area contributed by atoms with Crippen LogP contribution in [0.2, 0.25) is 0 Å². The number of allylic oxidation sites excluding steroid dienone is 1. The van der Waals surface area contributed by atoms with E-state index in [1.54, 1.807) is 18.2 Å². The Morgan fingerprint density at radius 1 is 1.11 bits per heavy atom. The summed E-state index contributed by atoms with van der Waals surface area (Å²) in [6.07, 6.45) is 2.26. The van der Waals surface area contributed by atoms with Crippen LogP contribution in [0.25, 0.3) is 6.08 Å². The quantitative estimate of drug-likeness (QED) is 0.582. The zero-order valence-electron chi connectivity index (χ0n) is 15.4. The van der Waals surface area contributed by atoms with E-state index >= 15 is 0 Å². The van der Waals surface area contributed by atoms with E-state index in [0.29, 0.717) is 37.6 Å². The minimum absolute atomic E-state index is 0.00701. The molecule has 0 spiro atoms. The molecule has 3 rings (SSSR count). The molecule has 2 aromatic rings. The summed E-state index contributed by atoms with van der Waals surface area (Å²) in [6, 6.07) is 10.6. The van der Waals surface area contributed by atoms with Crippen LogP contribution in [-0.2, 0) is 4.74 Å². The van der Waals surface area contributed by atoms with Crippen molar-refractivity contribution >= 4 is 18.0 Å². The lowest BCUT2D eigenvalue weighted by molar-refractivity contribution is 0.0415. The Bertz CT molecular complexity index is 890. The third-order valence-corrected chi connectivity index (χ3v) is 4.23. The molecule has 2 aromatic carbocycles. The van der Waals surface area contributed by atoms with Crippen LogP contribution in [0.3, 0.4) is 0 Å². The highest BCUT2D eigenvalue weighted by atomic mass is 19.1. The normalized spacial score (nSPS) is 14.1. The summed E-state index contributed by atoms with van der Waals surface area (Å²) >= 11 is 0. The number of para-hydroxylation sites is 1. The van der Waals surface area contributed by atoms with Crippen molar-refractivity contribution in [2.24, 2.45) is 0 Å². The van der Waals surface area contributed by atoms with Crippen LogP contribution in [0, 0.1) is 5.82 Å². The van der Waals surface area contributed by atoms with Gasteiger partial charge in [-0.1, -0.05) is 18.2 Å². The summed E-state index contributed by atoms with van der Waals surface area (Å²) in [5.41, 5.74) is 0.661. The number of ketones is 1. The number of hydrogen-bond acceptors (Lipinski definition) is 5. The fraction of sp³-hybridized carbons (Fsp3) is 0.238. The third-order valence-electron chi connectivity index (χ3n) is 4.23. The highest BCUT2D eigenvalue weighted by Crippen LogP contribution is 2.24. The number of carbonyl (C=O) groups is 2. The molecular formula is C21H20FNO5. The number of carbonyl (C=O) groups excluding carboxylic acids is 2. The molecule has 28 heavy (non-hydrogen) atoms. The van der Waals surface area contributed by atoms with E-state index in [4.69, 9.17) is 14.2 Å². The van der Waals surface area contributed by atoms with E-state index in [-0.39, 0.29) is 11.3 Å². The van der Waals surface area contributed by atoms with Crippen molar-refractivity contribution in [3.05, 3.63) is 65.5 Å². The van der Waals surface area contributed by atoms with Crippen LogP contribution in [0.5, 0.6) is 11.5 Å². The van der Waals surface area contributed by atoms with Crippen LogP contribution in [0.15, 0.2) is 48.5 Å². The third kappa shape index (κ3) is 4.75. The second-order valence-corrected chi connectivity index (χ2v) is 6.05. The molecule has 1 aliphatic rings. The number of benzene rings is 2. The highest BCUT2D eigenvalue weighted by molar-refractivity contribution is 6.09. The summed E-state index contributed by atoms with van der Waals surface area (Å²) in [6.45, 7) is 1.64.